The first-order chi connectivity index (χ1) is 20.4. The minimum Gasteiger partial charge on any atom is -0.264 e. The van der Waals surface area contributed by atoms with Crippen LogP contribution in [-0.4, -0.2) is 23.9 Å². The Morgan fingerprint density at radius 1 is 1.00 bits per heavy atom. The normalized spacial score (nSPS) is 17.0. The molecule has 2 atom stereocenters. The Morgan fingerprint density at radius 2 is 1.60 bits per heavy atom. The molecule has 0 heterocycles. The highest BCUT2D eigenvalue weighted by Crippen LogP contribution is 2.47. The van der Waals surface area contributed by atoms with E-state index in [0.29, 0.717) is 30.2 Å². The van der Waals surface area contributed by atoms with Crippen molar-refractivity contribution in [2.24, 2.45) is 10.3 Å². The molecule has 232 valence electrons. The Balaban J connectivity index is 1.74. The number of hydrogen-bond acceptors (Lipinski definition) is 4. The van der Waals surface area contributed by atoms with Gasteiger partial charge in [-0.2, -0.15) is 4.40 Å². The summed E-state index contributed by atoms with van der Waals surface area (Å²) in [4.78, 5) is 0.161. The Labute approximate surface area is 265 Å². The zero-order valence-electron chi connectivity index (χ0n) is 25.7. The van der Waals surface area contributed by atoms with Gasteiger partial charge in [0, 0.05) is 16.1 Å². The lowest BCUT2D eigenvalue weighted by molar-refractivity contribution is 0.0410. The number of rotatable bonds is 14. The van der Waals surface area contributed by atoms with Gasteiger partial charge in [0.05, 0.1) is 10.9 Å². The minimum atomic E-state index is -3.94. The van der Waals surface area contributed by atoms with Crippen LogP contribution >= 0.6 is 11.6 Å². The Hall–Kier alpha value is -2.36. The SMILES string of the molecule is CCC(CC)(O[S@](=O)N=C(CC(C)C)C1(c2ccc(Cl)cc2)CCC1)[C@H](NS(=O)(=O)c1ccc(C)cc1)c1ccccc1. The molecule has 9 heteroatoms. The molecular weight excluding hydrogens is 600 g/mol. The molecule has 1 saturated carbocycles. The smallest absolute Gasteiger partial charge is 0.264 e. The molecule has 0 bridgehead atoms. The van der Waals surface area contributed by atoms with E-state index in [1.54, 1.807) is 24.3 Å². The molecule has 3 aromatic carbocycles. The van der Waals surface area contributed by atoms with Crippen molar-refractivity contribution in [2.45, 2.75) is 95.1 Å². The van der Waals surface area contributed by atoms with E-state index >= 15 is 0 Å². The van der Waals surface area contributed by atoms with Crippen molar-refractivity contribution >= 4 is 38.6 Å². The van der Waals surface area contributed by atoms with Crippen molar-refractivity contribution in [1.29, 1.82) is 0 Å². The van der Waals surface area contributed by atoms with Crippen molar-refractivity contribution in [3.63, 3.8) is 0 Å². The maximum atomic E-state index is 14.0. The van der Waals surface area contributed by atoms with Crippen LogP contribution in [0.15, 0.2) is 88.2 Å². The summed E-state index contributed by atoms with van der Waals surface area (Å²) >= 11 is 4.13. The fourth-order valence-corrected chi connectivity index (χ4v) is 8.39. The van der Waals surface area contributed by atoms with Crippen molar-refractivity contribution < 1.29 is 16.8 Å². The minimum absolute atomic E-state index is 0.161. The maximum absolute atomic E-state index is 14.0. The summed E-state index contributed by atoms with van der Waals surface area (Å²) in [5.41, 5.74) is 2.20. The molecule has 1 fully saturated rings. The summed E-state index contributed by atoms with van der Waals surface area (Å²) in [6.45, 7) is 10.0. The molecule has 43 heavy (non-hydrogen) atoms. The van der Waals surface area contributed by atoms with Crippen LogP contribution in [0.5, 0.6) is 0 Å². The van der Waals surface area contributed by atoms with E-state index in [2.05, 4.69) is 18.6 Å². The second-order valence-corrected chi connectivity index (χ2v) is 14.9. The quantitative estimate of drug-likeness (QED) is 0.179. The first kappa shape index (κ1) is 33.5. The lowest BCUT2D eigenvalue weighted by atomic mass is 9.60. The number of benzene rings is 3. The average molecular weight is 643 g/mol. The van der Waals surface area contributed by atoms with E-state index in [-0.39, 0.29) is 10.3 Å². The number of nitrogens with one attached hydrogen (secondary N) is 1. The maximum Gasteiger partial charge on any atom is 0.285 e. The van der Waals surface area contributed by atoms with Gasteiger partial charge in [0.15, 0.2) is 0 Å². The Kier molecular flexibility index (Phi) is 11.0. The topological polar surface area (TPSA) is 84.8 Å². The van der Waals surface area contributed by atoms with Gasteiger partial charge in [-0.15, -0.1) is 0 Å². The van der Waals surface area contributed by atoms with E-state index in [4.69, 9.17) is 20.2 Å². The first-order valence-electron chi connectivity index (χ1n) is 15.0. The van der Waals surface area contributed by atoms with Crippen LogP contribution in [0.25, 0.3) is 0 Å². The standard InChI is InChI=1S/C34H43ClN2O4S2/c1-6-34(7-2,32(27-12-9-8-10-13-27)37-43(39,40)30-20-14-26(5)15-21-30)41-42(38)36-31(24-25(3)4)33(22-11-23-33)28-16-18-29(35)19-17-28/h8-10,12-21,25,32,37H,6-7,11,22-24H2,1-5H3/t32-,42+/m1/s1. The lowest BCUT2D eigenvalue weighted by Gasteiger charge is -2.44. The zero-order chi connectivity index (χ0) is 31.3. The third kappa shape index (κ3) is 7.66. The lowest BCUT2D eigenvalue weighted by Crippen LogP contribution is -2.48. The molecule has 0 aliphatic heterocycles. The van der Waals surface area contributed by atoms with Gasteiger partial charge >= 0.3 is 0 Å². The summed E-state index contributed by atoms with van der Waals surface area (Å²) in [5, 5.41) is 0.670. The molecule has 1 aliphatic carbocycles. The first-order valence-corrected chi connectivity index (χ1v) is 17.9. The monoisotopic (exact) mass is 642 g/mol. The van der Waals surface area contributed by atoms with Crippen molar-refractivity contribution in [1.82, 2.24) is 4.72 Å². The molecule has 0 aromatic heterocycles. The fraction of sp³-hybridized carbons (Fsp3) is 0.441. The largest absolute Gasteiger partial charge is 0.285 e. The van der Waals surface area contributed by atoms with Crippen LogP contribution in [-0.2, 0) is 30.9 Å². The second-order valence-electron chi connectivity index (χ2n) is 11.9. The third-order valence-corrected chi connectivity index (χ3v) is 11.2. The van der Waals surface area contributed by atoms with Crippen LogP contribution in [0.2, 0.25) is 5.02 Å². The Morgan fingerprint density at radius 3 is 2.12 bits per heavy atom. The molecule has 0 saturated heterocycles. The van der Waals surface area contributed by atoms with Crippen LogP contribution in [0.4, 0.5) is 0 Å². The summed E-state index contributed by atoms with van der Waals surface area (Å²) in [5.74, 6) is 0.293. The molecule has 0 unspecified atom stereocenters. The molecule has 3 aromatic rings. The van der Waals surface area contributed by atoms with Crippen LogP contribution in [0, 0.1) is 12.8 Å². The van der Waals surface area contributed by atoms with Gasteiger partial charge in [-0.25, -0.2) is 17.3 Å². The molecular formula is C34H43ClN2O4S2. The van der Waals surface area contributed by atoms with Gasteiger partial charge in [-0.05, 0) is 80.3 Å². The van der Waals surface area contributed by atoms with Gasteiger partial charge in [0.2, 0.25) is 10.0 Å². The highest BCUT2D eigenvalue weighted by atomic mass is 35.5. The van der Waals surface area contributed by atoms with E-state index in [1.165, 1.54) is 0 Å². The number of halogens is 1. The van der Waals surface area contributed by atoms with Gasteiger partial charge in [0.25, 0.3) is 11.3 Å². The highest BCUT2D eigenvalue weighted by Gasteiger charge is 2.46. The summed E-state index contributed by atoms with van der Waals surface area (Å²) in [6.07, 6.45) is 4.36. The van der Waals surface area contributed by atoms with E-state index in [1.807, 2.05) is 75.4 Å². The van der Waals surface area contributed by atoms with Gasteiger partial charge in [0.1, 0.15) is 5.60 Å². The number of nitrogens with zero attached hydrogens (tertiary/aromatic N) is 1. The zero-order valence-corrected chi connectivity index (χ0v) is 28.1. The van der Waals surface area contributed by atoms with Crippen LogP contribution in [0.1, 0.15) is 89.0 Å². The molecule has 6 nitrogen and oxygen atoms in total. The molecule has 1 N–H and O–H groups in total. The fourth-order valence-electron chi connectivity index (χ4n) is 5.89. The molecule has 0 spiro atoms. The molecule has 0 amide bonds. The number of aryl methyl sites for hydroxylation is 1. The summed E-state index contributed by atoms with van der Waals surface area (Å²) < 4.78 is 55.4. The van der Waals surface area contributed by atoms with Crippen LogP contribution < -0.4 is 4.72 Å². The molecule has 0 radical (unpaired) electrons. The van der Waals surface area contributed by atoms with Crippen LogP contribution in [0.3, 0.4) is 0 Å². The average Bonchev–Trinajstić information content (AvgIpc) is 2.95. The van der Waals surface area contributed by atoms with Crippen molar-refractivity contribution in [3.05, 3.63) is 101 Å². The predicted molar refractivity (Wildman–Crippen MR) is 177 cm³/mol. The number of sulfonamides is 1. The van der Waals surface area contributed by atoms with Gasteiger partial charge in [-0.3, -0.25) is 4.18 Å². The second kappa shape index (κ2) is 14.2. The van der Waals surface area contributed by atoms with E-state index in [9.17, 15) is 12.6 Å². The summed E-state index contributed by atoms with van der Waals surface area (Å²) in [6, 6.07) is 23.1. The summed E-state index contributed by atoms with van der Waals surface area (Å²) in [7, 11) is -3.94. The van der Waals surface area contributed by atoms with E-state index < -0.39 is 32.9 Å². The highest BCUT2D eigenvalue weighted by molar-refractivity contribution is 7.89. The van der Waals surface area contributed by atoms with Crippen molar-refractivity contribution in [3.8, 4) is 0 Å². The van der Waals surface area contributed by atoms with Gasteiger partial charge in [-0.1, -0.05) is 106 Å². The predicted octanol–water partition coefficient (Wildman–Crippen LogP) is 8.43. The number of hydrogen-bond donors (Lipinski definition) is 1. The molecule has 1 aliphatic rings. The van der Waals surface area contributed by atoms with Crippen molar-refractivity contribution in [2.75, 3.05) is 0 Å². The molecule has 4 rings (SSSR count). The van der Waals surface area contributed by atoms with Gasteiger partial charge < -0.3 is 0 Å². The Bertz CT molecular complexity index is 1510. The van der Waals surface area contributed by atoms with E-state index in [0.717, 1.165) is 41.7 Å². The third-order valence-electron chi connectivity index (χ3n) is 8.64.